The van der Waals surface area contributed by atoms with E-state index in [-0.39, 0.29) is 0 Å². The van der Waals surface area contributed by atoms with Crippen LogP contribution < -0.4 is 11.1 Å². The number of primary amides is 1. The van der Waals surface area contributed by atoms with Gasteiger partial charge in [0.25, 0.3) is 0 Å². The molecule has 0 unspecified atom stereocenters. The molecule has 80 valence electrons. The molecule has 0 atom stereocenters. The van der Waals surface area contributed by atoms with Gasteiger partial charge in [0.05, 0.1) is 0 Å². The summed E-state index contributed by atoms with van der Waals surface area (Å²) >= 11 is 4.11. The molecule has 0 aliphatic rings. The zero-order valence-corrected chi connectivity index (χ0v) is 9.21. The molecule has 3 N–H and O–H groups in total. The van der Waals surface area contributed by atoms with E-state index in [4.69, 9.17) is 5.73 Å². The summed E-state index contributed by atoms with van der Waals surface area (Å²) in [5.41, 5.74) is 6.75. The number of urea groups is 1. The minimum atomic E-state index is -0.550. The van der Waals surface area contributed by atoms with Gasteiger partial charge in [-0.3, -0.25) is 0 Å². The predicted octanol–water partition coefficient (Wildman–Crippen LogP) is 2.51. The molecule has 1 aromatic carbocycles. The number of rotatable bonds is 4. The number of hydrogen-bond donors (Lipinski definition) is 3. The van der Waals surface area contributed by atoms with Crippen molar-refractivity contribution < 1.29 is 4.79 Å². The Kier molecular flexibility index (Phi) is 4.77. The second-order valence-electron chi connectivity index (χ2n) is 3.03. The van der Waals surface area contributed by atoms with Crippen LogP contribution >= 0.6 is 12.6 Å². The van der Waals surface area contributed by atoms with Gasteiger partial charge in [0, 0.05) is 5.69 Å². The lowest BCUT2D eigenvalue weighted by atomic mass is 10.2. The zero-order chi connectivity index (χ0) is 11.1. The standard InChI is InChI=1S/C11H14N2OS/c12-11(14)13-10-6-3-5-9(8-10)4-1-2-7-15/h1,3-6,8,15H,2,7H2,(H3,12,13,14). The maximum Gasteiger partial charge on any atom is 0.316 e. The molecule has 15 heavy (non-hydrogen) atoms. The first-order chi connectivity index (χ1) is 7.22. The SMILES string of the molecule is NC(=O)Nc1cccc(C=CCCS)c1. The highest BCUT2D eigenvalue weighted by Gasteiger charge is 1.95. The van der Waals surface area contributed by atoms with Crippen molar-refractivity contribution in [3.05, 3.63) is 35.9 Å². The zero-order valence-electron chi connectivity index (χ0n) is 8.31. The molecule has 1 rings (SSSR count). The normalized spacial score (nSPS) is 10.5. The van der Waals surface area contributed by atoms with Gasteiger partial charge in [-0.05, 0) is 29.9 Å². The lowest BCUT2D eigenvalue weighted by molar-refractivity contribution is 0.259. The third-order valence-electron chi connectivity index (χ3n) is 1.76. The Morgan fingerprint density at radius 1 is 1.53 bits per heavy atom. The van der Waals surface area contributed by atoms with Crippen molar-refractivity contribution in [3.8, 4) is 0 Å². The highest BCUT2D eigenvalue weighted by Crippen LogP contribution is 2.11. The molecule has 3 nitrogen and oxygen atoms in total. The Morgan fingerprint density at radius 2 is 2.33 bits per heavy atom. The Labute approximate surface area is 94.8 Å². The van der Waals surface area contributed by atoms with E-state index in [2.05, 4.69) is 17.9 Å². The fraction of sp³-hybridized carbons (Fsp3) is 0.182. The summed E-state index contributed by atoms with van der Waals surface area (Å²) in [5, 5.41) is 2.53. The molecule has 0 aliphatic carbocycles. The fourth-order valence-electron chi connectivity index (χ4n) is 1.16. The topological polar surface area (TPSA) is 55.1 Å². The minimum absolute atomic E-state index is 0.550. The van der Waals surface area contributed by atoms with Crippen LogP contribution in [-0.4, -0.2) is 11.8 Å². The number of thiol groups is 1. The molecule has 0 radical (unpaired) electrons. The number of carbonyl (C=O) groups excluding carboxylic acids is 1. The Hall–Kier alpha value is -1.42. The Bertz CT molecular complexity index is 363. The number of allylic oxidation sites excluding steroid dienone is 1. The average molecular weight is 222 g/mol. The van der Waals surface area contributed by atoms with Crippen molar-refractivity contribution in [1.29, 1.82) is 0 Å². The van der Waals surface area contributed by atoms with Crippen LogP contribution in [-0.2, 0) is 0 Å². The van der Waals surface area contributed by atoms with Gasteiger partial charge < -0.3 is 11.1 Å². The van der Waals surface area contributed by atoms with Gasteiger partial charge in [-0.1, -0.05) is 24.3 Å². The van der Waals surface area contributed by atoms with Crippen LogP contribution in [0.5, 0.6) is 0 Å². The summed E-state index contributed by atoms with van der Waals surface area (Å²) in [5.74, 6) is 0.829. The first-order valence-corrected chi connectivity index (χ1v) is 5.29. The van der Waals surface area contributed by atoms with E-state index in [0.29, 0.717) is 5.69 Å². The van der Waals surface area contributed by atoms with Crippen molar-refractivity contribution >= 4 is 30.4 Å². The maximum absolute atomic E-state index is 10.6. The first kappa shape index (κ1) is 11.7. The third-order valence-corrected chi connectivity index (χ3v) is 2.02. The van der Waals surface area contributed by atoms with Crippen molar-refractivity contribution in [2.45, 2.75) is 6.42 Å². The molecule has 0 aromatic heterocycles. The second-order valence-corrected chi connectivity index (χ2v) is 3.48. The third kappa shape index (κ3) is 4.56. The number of carbonyl (C=O) groups is 1. The van der Waals surface area contributed by atoms with E-state index in [1.807, 2.05) is 30.4 Å². The van der Waals surface area contributed by atoms with Crippen molar-refractivity contribution in [2.24, 2.45) is 5.73 Å². The van der Waals surface area contributed by atoms with Gasteiger partial charge in [-0.25, -0.2) is 4.79 Å². The largest absolute Gasteiger partial charge is 0.351 e. The molecule has 0 fully saturated rings. The smallest absolute Gasteiger partial charge is 0.316 e. The number of amides is 2. The maximum atomic E-state index is 10.6. The van der Waals surface area contributed by atoms with Gasteiger partial charge in [-0.2, -0.15) is 12.6 Å². The van der Waals surface area contributed by atoms with Crippen LogP contribution in [0.15, 0.2) is 30.3 Å². The molecule has 1 aromatic rings. The highest BCUT2D eigenvalue weighted by molar-refractivity contribution is 7.80. The van der Waals surface area contributed by atoms with Crippen LogP contribution in [0.3, 0.4) is 0 Å². The lowest BCUT2D eigenvalue weighted by Gasteiger charge is -2.02. The van der Waals surface area contributed by atoms with Gasteiger partial charge >= 0.3 is 6.03 Å². The number of nitrogens with two attached hydrogens (primary N) is 1. The molecule has 0 saturated carbocycles. The number of anilines is 1. The highest BCUT2D eigenvalue weighted by atomic mass is 32.1. The average Bonchev–Trinajstić information content (AvgIpc) is 2.18. The number of benzene rings is 1. The van der Waals surface area contributed by atoms with E-state index < -0.39 is 6.03 Å². The molecule has 0 heterocycles. The van der Waals surface area contributed by atoms with Gasteiger partial charge in [0.2, 0.25) is 0 Å². The second kappa shape index (κ2) is 6.14. The molecule has 0 saturated heterocycles. The minimum Gasteiger partial charge on any atom is -0.351 e. The Balaban J connectivity index is 2.69. The molecular formula is C11H14N2OS. The quantitative estimate of drug-likeness (QED) is 0.674. The van der Waals surface area contributed by atoms with Crippen LogP contribution in [0.4, 0.5) is 10.5 Å². The fourth-order valence-corrected chi connectivity index (χ4v) is 1.31. The summed E-state index contributed by atoms with van der Waals surface area (Å²) in [4.78, 5) is 10.6. The first-order valence-electron chi connectivity index (χ1n) is 4.66. The number of nitrogens with one attached hydrogen (secondary N) is 1. The molecule has 0 aliphatic heterocycles. The van der Waals surface area contributed by atoms with Gasteiger partial charge in [-0.15, -0.1) is 0 Å². The van der Waals surface area contributed by atoms with E-state index in [1.165, 1.54) is 0 Å². The van der Waals surface area contributed by atoms with Crippen LogP contribution in [0.2, 0.25) is 0 Å². The van der Waals surface area contributed by atoms with Crippen LogP contribution in [0.25, 0.3) is 6.08 Å². The monoisotopic (exact) mass is 222 g/mol. The molecule has 4 heteroatoms. The predicted molar refractivity (Wildman–Crippen MR) is 67.2 cm³/mol. The van der Waals surface area contributed by atoms with E-state index in [0.717, 1.165) is 17.7 Å². The van der Waals surface area contributed by atoms with E-state index >= 15 is 0 Å². The van der Waals surface area contributed by atoms with Crippen LogP contribution in [0, 0.1) is 0 Å². The lowest BCUT2D eigenvalue weighted by Crippen LogP contribution is -2.19. The van der Waals surface area contributed by atoms with Crippen molar-refractivity contribution in [3.63, 3.8) is 0 Å². The van der Waals surface area contributed by atoms with Gasteiger partial charge in [0.1, 0.15) is 0 Å². The van der Waals surface area contributed by atoms with E-state index in [1.54, 1.807) is 6.07 Å². The Morgan fingerprint density at radius 3 is 3.00 bits per heavy atom. The molecular weight excluding hydrogens is 208 g/mol. The van der Waals surface area contributed by atoms with Crippen LogP contribution in [0.1, 0.15) is 12.0 Å². The molecule has 0 spiro atoms. The number of hydrogen-bond acceptors (Lipinski definition) is 2. The molecule has 0 bridgehead atoms. The summed E-state index contributed by atoms with van der Waals surface area (Å²) < 4.78 is 0. The summed E-state index contributed by atoms with van der Waals surface area (Å²) in [6.45, 7) is 0. The summed E-state index contributed by atoms with van der Waals surface area (Å²) in [7, 11) is 0. The van der Waals surface area contributed by atoms with E-state index in [9.17, 15) is 4.79 Å². The van der Waals surface area contributed by atoms with Crippen molar-refractivity contribution in [2.75, 3.05) is 11.1 Å². The molecule has 2 amide bonds. The van der Waals surface area contributed by atoms with Crippen molar-refractivity contribution in [1.82, 2.24) is 0 Å². The van der Waals surface area contributed by atoms with Gasteiger partial charge in [0.15, 0.2) is 0 Å². The summed E-state index contributed by atoms with van der Waals surface area (Å²) in [6.07, 6.45) is 4.95. The summed E-state index contributed by atoms with van der Waals surface area (Å²) in [6, 6.07) is 6.93.